The van der Waals surface area contributed by atoms with Crippen LogP contribution in [0.4, 0.5) is 4.79 Å². The van der Waals surface area contributed by atoms with E-state index in [2.05, 4.69) is 6.92 Å². The first-order chi connectivity index (χ1) is 12.9. The molecule has 154 valence electrons. The maximum atomic E-state index is 12.2. The summed E-state index contributed by atoms with van der Waals surface area (Å²) < 4.78 is 10.8. The molecule has 0 heterocycles. The lowest BCUT2D eigenvalue weighted by Gasteiger charge is -2.23. The number of ether oxygens (including phenoxy) is 2. The molecule has 0 saturated carbocycles. The number of benzene rings is 1. The minimum Gasteiger partial charge on any atom is -0.459 e. The summed E-state index contributed by atoms with van der Waals surface area (Å²) in [4.78, 5) is 25.7. The van der Waals surface area contributed by atoms with Gasteiger partial charge >= 0.3 is 12.1 Å². The lowest BCUT2D eigenvalue weighted by atomic mass is 10.1. The Bertz CT molecular complexity index is 538. The van der Waals surface area contributed by atoms with E-state index in [1.807, 2.05) is 53.7 Å². The zero-order valence-corrected chi connectivity index (χ0v) is 18.1. The first-order valence-electron chi connectivity index (χ1n) is 10.2. The molecule has 0 aromatic heterocycles. The summed E-state index contributed by atoms with van der Waals surface area (Å²) in [5.74, 6) is -0.349. The lowest BCUT2D eigenvalue weighted by molar-refractivity contribution is 0.0141. The minimum atomic E-state index is -0.349. The standard InChI is InChI=1S/C20H31NO4.C2H6/c1-6-9-17-10-12-18(13-11-17)19(22)24-15(4)14-16(5)25-20(23)21(7-2)8-3;1-2/h10-13,15-16H,6-9,14H2,1-5H3;1-2H3. The molecular weight excluding hydrogens is 342 g/mol. The van der Waals surface area contributed by atoms with Crippen molar-refractivity contribution in [3.05, 3.63) is 35.4 Å². The van der Waals surface area contributed by atoms with Gasteiger partial charge in [-0.05, 0) is 51.8 Å². The monoisotopic (exact) mass is 379 g/mol. The van der Waals surface area contributed by atoms with E-state index in [0.29, 0.717) is 25.1 Å². The van der Waals surface area contributed by atoms with E-state index in [-0.39, 0.29) is 24.3 Å². The quantitative estimate of drug-likeness (QED) is 0.534. The van der Waals surface area contributed by atoms with E-state index < -0.39 is 0 Å². The normalized spacial score (nSPS) is 12.3. The van der Waals surface area contributed by atoms with E-state index in [1.165, 1.54) is 5.56 Å². The molecule has 0 saturated heterocycles. The van der Waals surface area contributed by atoms with E-state index in [9.17, 15) is 9.59 Å². The average molecular weight is 380 g/mol. The van der Waals surface area contributed by atoms with Crippen molar-refractivity contribution >= 4 is 12.1 Å². The molecule has 27 heavy (non-hydrogen) atoms. The molecule has 0 N–H and O–H groups in total. The third-order valence-electron chi connectivity index (χ3n) is 4.02. The van der Waals surface area contributed by atoms with Crippen LogP contribution in [0.5, 0.6) is 0 Å². The van der Waals surface area contributed by atoms with Crippen LogP contribution in [0, 0.1) is 0 Å². The number of nitrogens with zero attached hydrogens (tertiary/aromatic N) is 1. The third kappa shape index (κ3) is 9.45. The molecular formula is C22H37NO4. The van der Waals surface area contributed by atoms with Gasteiger partial charge in [0.25, 0.3) is 0 Å². The molecule has 0 aliphatic heterocycles. The van der Waals surface area contributed by atoms with Gasteiger partial charge in [0.05, 0.1) is 5.56 Å². The second kappa shape index (κ2) is 14.1. The Morgan fingerprint density at radius 1 is 0.926 bits per heavy atom. The molecule has 1 aromatic carbocycles. The van der Waals surface area contributed by atoms with Gasteiger partial charge in [0, 0.05) is 19.5 Å². The summed E-state index contributed by atoms with van der Waals surface area (Å²) in [7, 11) is 0. The van der Waals surface area contributed by atoms with E-state index in [4.69, 9.17) is 9.47 Å². The van der Waals surface area contributed by atoms with Crippen LogP contribution in [0.1, 0.15) is 77.2 Å². The summed E-state index contributed by atoms with van der Waals surface area (Å²) >= 11 is 0. The molecule has 2 unspecified atom stereocenters. The molecule has 0 spiro atoms. The van der Waals surface area contributed by atoms with Crippen molar-refractivity contribution in [2.75, 3.05) is 13.1 Å². The van der Waals surface area contributed by atoms with Gasteiger partial charge in [-0.1, -0.05) is 39.3 Å². The summed E-state index contributed by atoms with van der Waals surface area (Å²) in [6.45, 7) is 14.8. The lowest BCUT2D eigenvalue weighted by Crippen LogP contribution is -2.34. The maximum Gasteiger partial charge on any atom is 0.410 e. The SMILES string of the molecule is CC.CCCc1ccc(C(=O)OC(C)CC(C)OC(=O)N(CC)CC)cc1. The predicted octanol–water partition coefficient (Wildman–Crippen LogP) is 5.47. The van der Waals surface area contributed by atoms with Crippen LogP contribution in [0.25, 0.3) is 0 Å². The van der Waals surface area contributed by atoms with Gasteiger partial charge in [-0.3, -0.25) is 0 Å². The van der Waals surface area contributed by atoms with Gasteiger partial charge in [-0.2, -0.15) is 0 Å². The maximum absolute atomic E-state index is 12.2. The van der Waals surface area contributed by atoms with Crippen molar-refractivity contribution in [2.24, 2.45) is 0 Å². The molecule has 0 aliphatic rings. The van der Waals surface area contributed by atoms with Crippen molar-refractivity contribution < 1.29 is 19.1 Å². The van der Waals surface area contributed by atoms with Crippen molar-refractivity contribution in [1.82, 2.24) is 4.90 Å². The van der Waals surface area contributed by atoms with Crippen molar-refractivity contribution in [2.45, 2.75) is 79.9 Å². The molecule has 1 amide bonds. The van der Waals surface area contributed by atoms with Crippen molar-refractivity contribution in [1.29, 1.82) is 0 Å². The number of hydrogen-bond donors (Lipinski definition) is 0. The van der Waals surface area contributed by atoms with Crippen LogP contribution in [-0.4, -0.2) is 42.3 Å². The first kappa shape index (κ1) is 25.0. The van der Waals surface area contributed by atoms with Crippen LogP contribution in [0.3, 0.4) is 0 Å². The minimum absolute atomic E-state index is 0.317. The molecule has 5 nitrogen and oxygen atoms in total. The Morgan fingerprint density at radius 2 is 1.44 bits per heavy atom. The highest BCUT2D eigenvalue weighted by molar-refractivity contribution is 5.89. The molecule has 0 aliphatic carbocycles. The Morgan fingerprint density at radius 3 is 1.93 bits per heavy atom. The molecule has 0 radical (unpaired) electrons. The number of carbonyl (C=O) groups is 2. The third-order valence-corrected chi connectivity index (χ3v) is 4.02. The molecule has 5 heteroatoms. The smallest absolute Gasteiger partial charge is 0.410 e. The van der Waals surface area contributed by atoms with E-state index in [0.717, 1.165) is 12.8 Å². The zero-order chi connectivity index (χ0) is 20.8. The molecule has 0 bridgehead atoms. The fourth-order valence-corrected chi connectivity index (χ4v) is 2.64. The highest BCUT2D eigenvalue weighted by Crippen LogP contribution is 2.12. The summed E-state index contributed by atoms with van der Waals surface area (Å²) in [5.41, 5.74) is 1.75. The van der Waals surface area contributed by atoms with Crippen LogP contribution in [-0.2, 0) is 15.9 Å². The van der Waals surface area contributed by atoms with E-state index >= 15 is 0 Å². The fourth-order valence-electron chi connectivity index (χ4n) is 2.64. The molecule has 2 atom stereocenters. The Hall–Kier alpha value is -2.04. The summed E-state index contributed by atoms with van der Waals surface area (Å²) in [5, 5.41) is 0. The highest BCUT2D eigenvalue weighted by Gasteiger charge is 2.19. The first-order valence-corrected chi connectivity index (χ1v) is 10.2. The summed E-state index contributed by atoms with van der Waals surface area (Å²) in [6, 6.07) is 7.51. The number of rotatable bonds is 9. The van der Waals surface area contributed by atoms with E-state index in [1.54, 1.807) is 17.0 Å². The van der Waals surface area contributed by atoms with Crippen LogP contribution in [0.2, 0.25) is 0 Å². The highest BCUT2D eigenvalue weighted by atomic mass is 16.6. The van der Waals surface area contributed by atoms with Gasteiger partial charge in [0.15, 0.2) is 0 Å². The second-order valence-corrected chi connectivity index (χ2v) is 6.27. The average Bonchev–Trinajstić information content (AvgIpc) is 2.64. The molecule has 1 rings (SSSR count). The van der Waals surface area contributed by atoms with Gasteiger partial charge in [-0.15, -0.1) is 0 Å². The molecule has 0 fully saturated rings. The van der Waals surface area contributed by atoms with Gasteiger partial charge in [0.1, 0.15) is 12.2 Å². The number of amides is 1. The summed E-state index contributed by atoms with van der Waals surface area (Å²) in [6.07, 6.45) is 1.56. The van der Waals surface area contributed by atoms with Gasteiger partial charge in [-0.25, -0.2) is 9.59 Å². The topological polar surface area (TPSA) is 55.8 Å². The van der Waals surface area contributed by atoms with Crippen molar-refractivity contribution in [3.63, 3.8) is 0 Å². The number of aryl methyl sites for hydroxylation is 1. The number of hydrogen-bond acceptors (Lipinski definition) is 4. The van der Waals surface area contributed by atoms with Crippen LogP contribution >= 0.6 is 0 Å². The Balaban J connectivity index is 0.00000326. The van der Waals surface area contributed by atoms with Crippen molar-refractivity contribution in [3.8, 4) is 0 Å². The van der Waals surface area contributed by atoms with Crippen LogP contribution < -0.4 is 0 Å². The van der Waals surface area contributed by atoms with Crippen LogP contribution in [0.15, 0.2) is 24.3 Å². The predicted molar refractivity (Wildman–Crippen MR) is 110 cm³/mol. The zero-order valence-electron chi connectivity index (χ0n) is 18.1. The van der Waals surface area contributed by atoms with Gasteiger partial charge < -0.3 is 14.4 Å². The number of esters is 1. The Kier molecular flexibility index (Phi) is 13.0. The molecule has 1 aromatic rings. The fraction of sp³-hybridized carbons (Fsp3) is 0.636. The largest absolute Gasteiger partial charge is 0.459 e. The number of carbonyl (C=O) groups excluding carboxylic acids is 2. The van der Waals surface area contributed by atoms with Gasteiger partial charge in [0.2, 0.25) is 0 Å². The Labute approximate surface area is 165 Å². The second-order valence-electron chi connectivity index (χ2n) is 6.27.